The van der Waals surface area contributed by atoms with Crippen molar-refractivity contribution < 1.29 is 14.3 Å². The van der Waals surface area contributed by atoms with Crippen LogP contribution < -0.4 is 14.8 Å². The zero-order chi connectivity index (χ0) is 20.5. The third-order valence-electron chi connectivity index (χ3n) is 3.89. The van der Waals surface area contributed by atoms with E-state index >= 15 is 0 Å². The normalized spacial score (nSPS) is 11.0. The molecule has 1 atom stereocenters. The first-order valence-corrected chi connectivity index (χ1v) is 9.11. The monoisotopic (exact) mass is 416 g/mol. The number of ether oxygens (including phenoxy) is 2. The molecule has 1 N–H and O–H groups in total. The predicted molar refractivity (Wildman–Crippen MR) is 109 cm³/mol. The van der Waals surface area contributed by atoms with Crippen molar-refractivity contribution >= 4 is 29.1 Å². The van der Waals surface area contributed by atoms with Gasteiger partial charge >= 0.3 is 0 Å². The standard InChI is InChI=1S/C21H18Cl2N2O3/c1-3-10-28-19-8-4-14(11-20(19)27-2)5-9-21(26)25-18(13-24)16-7-6-15(22)12-17(16)23/h1,4,6-8,11-12,18H,5,9-10H2,2H3,(H,25,26). The number of terminal acetylenes is 1. The molecule has 1 amide bonds. The van der Waals surface area contributed by atoms with Gasteiger partial charge in [0.25, 0.3) is 0 Å². The van der Waals surface area contributed by atoms with E-state index in [0.717, 1.165) is 5.56 Å². The van der Waals surface area contributed by atoms with Crippen molar-refractivity contribution in [1.29, 1.82) is 5.26 Å². The molecule has 0 spiro atoms. The number of nitrogens with one attached hydrogen (secondary N) is 1. The maximum atomic E-state index is 12.3. The Hall–Kier alpha value is -2.86. The summed E-state index contributed by atoms with van der Waals surface area (Å²) in [6.45, 7) is 0.140. The number of aryl methyl sites for hydroxylation is 1. The Bertz CT molecular complexity index is 932. The van der Waals surface area contributed by atoms with Gasteiger partial charge < -0.3 is 14.8 Å². The highest BCUT2D eigenvalue weighted by Gasteiger charge is 2.17. The van der Waals surface area contributed by atoms with Crippen LogP contribution in [0.1, 0.15) is 23.6 Å². The lowest BCUT2D eigenvalue weighted by Crippen LogP contribution is -2.28. The summed E-state index contributed by atoms with van der Waals surface area (Å²) in [5.74, 6) is 3.19. The second-order valence-corrected chi connectivity index (χ2v) is 6.62. The van der Waals surface area contributed by atoms with Crippen molar-refractivity contribution in [1.82, 2.24) is 5.32 Å². The Balaban J connectivity index is 1.99. The summed E-state index contributed by atoms with van der Waals surface area (Å²) in [5, 5.41) is 12.8. The molecule has 2 rings (SSSR count). The highest BCUT2D eigenvalue weighted by molar-refractivity contribution is 6.35. The zero-order valence-electron chi connectivity index (χ0n) is 15.2. The van der Waals surface area contributed by atoms with Crippen LogP contribution in [0.25, 0.3) is 0 Å². The molecule has 0 radical (unpaired) electrons. The van der Waals surface area contributed by atoms with E-state index in [1.54, 1.807) is 24.3 Å². The lowest BCUT2D eigenvalue weighted by atomic mass is 10.1. The SMILES string of the molecule is C#CCOc1ccc(CCC(=O)NC(C#N)c2ccc(Cl)cc2Cl)cc1OC. The third-order valence-corrected chi connectivity index (χ3v) is 4.45. The first kappa shape index (κ1) is 21.4. The van der Waals surface area contributed by atoms with Gasteiger partial charge in [0.1, 0.15) is 12.6 Å². The van der Waals surface area contributed by atoms with Crippen molar-refractivity contribution in [3.63, 3.8) is 0 Å². The fourth-order valence-corrected chi connectivity index (χ4v) is 3.03. The predicted octanol–water partition coefficient (Wildman–Crippen LogP) is 4.33. The molecule has 2 aromatic carbocycles. The van der Waals surface area contributed by atoms with Gasteiger partial charge in [-0.25, -0.2) is 0 Å². The number of benzene rings is 2. The van der Waals surface area contributed by atoms with E-state index in [9.17, 15) is 10.1 Å². The number of hydrogen-bond acceptors (Lipinski definition) is 4. The van der Waals surface area contributed by atoms with Crippen LogP contribution in [0.4, 0.5) is 0 Å². The number of methoxy groups -OCH3 is 1. The highest BCUT2D eigenvalue weighted by Crippen LogP contribution is 2.29. The lowest BCUT2D eigenvalue weighted by Gasteiger charge is -2.14. The van der Waals surface area contributed by atoms with Crippen LogP contribution in [0.5, 0.6) is 11.5 Å². The van der Waals surface area contributed by atoms with Crippen molar-refractivity contribution in [3.8, 4) is 29.9 Å². The molecule has 0 aromatic heterocycles. The molecule has 0 fully saturated rings. The number of hydrogen-bond donors (Lipinski definition) is 1. The number of carbonyl (C=O) groups is 1. The highest BCUT2D eigenvalue weighted by atomic mass is 35.5. The molecule has 7 heteroatoms. The van der Waals surface area contributed by atoms with E-state index in [1.165, 1.54) is 13.2 Å². The van der Waals surface area contributed by atoms with Crippen LogP contribution in [-0.2, 0) is 11.2 Å². The van der Waals surface area contributed by atoms with Crippen molar-refractivity contribution in [2.24, 2.45) is 0 Å². The zero-order valence-corrected chi connectivity index (χ0v) is 16.7. The van der Waals surface area contributed by atoms with Gasteiger partial charge in [0, 0.05) is 22.0 Å². The minimum Gasteiger partial charge on any atom is -0.493 e. The van der Waals surface area contributed by atoms with Gasteiger partial charge in [-0.05, 0) is 36.2 Å². The van der Waals surface area contributed by atoms with Crippen LogP contribution in [0, 0.1) is 23.7 Å². The van der Waals surface area contributed by atoms with Gasteiger partial charge in [-0.2, -0.15) is 5.26 Å². The van der Waals surface area contributed by atoms with E-state index in [4.69, 9.17) is 39.1 Å². The van der Waals surface area contributed by atoms with Crippen molar-refractivity contribution in [2.45, 2.75) is 18.9 Å². The second kappa shape index (κ2) is 10.5. The summed E-state index contributed by atoms with van der Waals surface area (Å²) >= 11 is 12.0. The number of nitrogens with zero attached hydrogens (tertiary/aromatic N) is 1. The number of amides is 1. The van der Waals surface area contributed by atoms with E-state index in [1.807, 2.05) is 12.1 Å². The summed E-state index contributed by atoms with van der Waals surface area (Å²) in [6, 6.07) is 11.3. The minimum atomic E-state index is -0.855. The fourth-order valence-electron chi connectivity index (χ4n) is 2.51. The molecule has 144 valence electrons. The van der Waals surface area contributed by atoms with E-state index in [2.05, 4.69) is 11.2 Å². The summed E-state index contributed by atoms with van der Waals surface area (Å²) in [4.78, 5) is 12.3. The van der Waals surface area contributed by atoms with Crippen LogP contribution in [-0.4, -0.2) is 19.6 Å². The summed E-state index contributed by atoms with van der Waals surface area (Å²) < 4.78 is 10.7. The molecule has 0 heterocycles. The topological polar surface area (TPSA) is 71.3 Å². The first-order chi connectivity index (χ1) is 13.5. The molecule has 1 unspecified atom stereocenters. The molecule has 2 aromatic rings. The number of carbonyl (C=O) groups excluding carboxylic acids is 1. The number of rotatable bonds is 8. The van der Waals surface area contributed by atoms with Crippen LogP contribution in [0.15, 0.2) is 36.4 Å². The second-order valence-electron chi connectivity index (χ2n) is 5.77. The minimum absolute atomic E-state index is 0.140. The smallest absolute Gasteiger partial charge is 0.221 e. The molecular formula is C21H18Cl2N2O3. The fraction of sp³-hybridized carbons (Fsp3) is 0.238. The molecule has 0 saturated heterocycles. The van der Waals surface area contributed by atoms with Gasteiger partial charge in [-0.15, -0.1) is 6.42 Å². The molecule has 0 aliphatic rings. The Morgan fingerprint density at radius 1 is 1.25 bits per heavy atom. The van der Waals surface area contributed by atoms with Crippen molar-refractivity contribution in [3.05, 3.63) is 57.6 Å². The molecular weight excluding hydrogens is 399 g/mol. The molecule has 0 saturated carbocycles. The Kier molecular flexibility index (Phi) is 8.02. The van der Waals surface area contributed by atoms with Crippen molar-refractivity contribution in [2.75, 3.05) is 13.7 Å². The van der Waals surface area contributed by atoms with Crippen LogP contribution in [0.2, 0.25) is 10.0 Å². The number of nitriles is 1. The quantitative estimate of drug-likeness (QED) is 0.650. The van der Waals surface area contributed by atoms with Gasteiger partial charge in [-0.3, -0.25) is 4.79 Å². The third kappa shape index (κ3) is 5.82. The van der Waals surface area contributed by atoms with E-state index < -0.39 is 6.04 Å². The Morgan fingerprint density at radius 3 is 2.68 bits per heavy atom. The molecule has 5 nitrogen and oxygen atoms in total. The van der Waals surface area contributed by atoms with E-state index in [0.29, 0.717) is 33.5 Å². The molecule has 0 aliphatic heterocycles. The maximum absolute atomic E-state index is 12.3. The summed E-state index contributed by atoms with van der Waals surface area (Å²) in [5.41, 5.74) is 1.39. The summed E-state index contributed by atoms with van der Waals surface area (Å²) in [7, 11) is 1.53. The molecule has 28 heavy (non-hydrogen) atoms. The average molecular weight is 417 g/mol. The van der Waals surface area contributed by atoms with Gasteiger partial charge in [0.2, 0.25) is 5.91 Å². The van der Waals surface area contributed by atoms with Gasteiger partial charge in [0.15, 0.2) is 11.5 Å². The Labute approximate surface area is 174 Å². The number of halogens is 2. The molecule has 0 aliphatic carbocycles. The lowest BCUT2D eigenvalue weighted by molar-refractivity contribution is -0.121. The van der Waals surface area contributed by atoms with Crippen LogP contribution in [0.3, 0.4) is 0 Å². The first-order valence-electron chi connectivity index (χ1n) is 8.35. The van der Waals surface area contributed by atoms with Crippen LogP contribution >= 0.6 is 23.2 Å². The summed E-state index contributed by atoms with van der Waals surface area (Å²) in [6.07, 6.45) is 5.84. The maximum Gasteiger partial charge on any atom is 0.221 e. The molecule has 0 bridgehead atoms. The van der Waals surface area contributed by atoms with Gasteiger partial charge in [-0.1, -0.05) is 41.3 Å². The Morgan fingerprint density at radius 2 is 2.04 bits per heavy atom. The van der Waals surface area contributed by atoms with E-state index in [-0.39, 0.29) is 18.9 Å². The largest absolute Gasteiger partial charge is 0.493 e. The average Bonchev–Trinajstić information content (AvgIpc) is 2.69. The van der Waals surface area contributed by atoms with Gasteiger partial charge in [0.05, 0.1) is 13.2 Å².